The number of nitrogens with zero attached hydrogens (tertiary/aromatic N) is 1. The van der Waals surface area contributed by atoms with Gasteiger partial charge in [-0.3, -0.25) is 4.79 Å². The van der Waals surface area contributed by atoms with Crippen molar-refractivity contribution in [1.82, 2.24) is 4.98 Å². The van der Waals surface area contributed by atoms with Crippen molar-refractivity contribution in [3.63, 3.8) is 0 Å². The van der Waals surface area contributed by atoms with Gasteiger partial charge in [0.2, 0.25) is 5.91 Å². The molecule has 0 atom stereocenters. The summed E-state index contributed by atoms with van der Waals surface area (Å²) in [5.74, 6) is 2.16. The van der Waals surface area contributed by atoms with Crippen LogP contribution in [0, 0.1) is 6.92 Å². The van der Waals surface area contributed by atoms with E-state index >= 15 is 0 Å². The molecule has 4 aromatic rings. The molecule has 1 N–H and O–H groups in total. The van der Waals surface area contributed by atoms with Crippen LogP contribution in [0.2, 0.25) is 0 Å². The highest BCUT2D eigenvalue weighted by Gasteiger charge is 2.12. The van der Waals surface area contributed by atoms with Crippen molar-refractivity contribution in [2.75, 3.05) is 17.7 Å². The first-order chi connectivity index (χ1) is 14.6. The number of anilines is 1. The van der Waals surface area contributed by atoms with Crippen molar-refractivity contribution in [1.29, 1.82) is 0 Å². The number of aromatic nitrogens is 1. The predicted octanol–water partition coefficient (Wildman–Crippen LogP) is 6.38. The third-order valence-corrected chi connectivity index (χ3v) is 6.19. The number of ether oxygens (including phenoxy) is 1. The fraction of sp³-hybridized carbons (Fsp3) is 0.217. The number of hydrogen-bond acceptors (Lipinski definition) is 6. The van der Waals surface area contributed by atoms with E-state index in [0.29, 0.717) is 29.6 Å². The van der Waals surface area contributed by atoms with E-state index in [2.05, 4.69) is 41.5 Å². The molecule has 0 saturated heterocycles. The van der Waals surface area contributed by atoms with E-state index < -0.39 is 0 Å². The minimum Gasteiger partial charge on any atom is -0.494 e. The quantitative estimate of drug-likeness (QED) is 0.323. The summed E-state index contributed by atoms with van der Waals surface area (Å²) in [4.78, 5) is 17.9. The normalized spacial score (nSPS) is 11.0. The minimum absolute atomic E-state index is 0.0403. The number of carbonyl (C=O) groups is 1. The topological polar surface area (TPSA) is 64.4 Å². The summed E-state index contributed by atoms with van der Waals surface area (Å²) in [5, 5.41) is 6.30. The molecule has 0 aliphatic rings. The second kappa shape index (κ2) is 9.36. The van der Waals surface area contributed by atoms with Crippen LogP contribution in [0.25, 0.3) is 22.4 Å². The van der Waals surface area contributed by atoms with Crippen LogP contribution in [0.4, 0.5) is 5.13 Å². The Labute approximate surface area is 183 Å². The number of rotatable bonds is 8. The Bertz CT molecular complexity index is 1150. The lowest BCUT2D eigenvalue weighted by Crippen LogP contribution is -2.11. The highest BCUT2D eigenvalue weighted by atomic mass is 32.2. The monoisotopic (exact) mass is 438 g/mol. The smallest absolute Gasteiger partial charge is 0.226 e. The van der Waals surface area contributed by atoms with Gasteiger partial charge in [-0.05, 0) is 50.2 Å². The SMILES string of the molecule is CCOc1ccc2oc(-c3csc(NC(=O)CCSc4ccc(C)cc4)n3)cc2c1. The molecule has 2 aromatic carbocycles. The van der Waals surface area contributed by atoms with Crippen LogP contribution in [-0.4, -0.2) is 23.3 Å². The Morgan fingerprint density at radius 1 is 1.20 bits per heavy atom. The van der Waals surface area contributed by atoms with Gasteiger partial charge < -0.3 is 14.5 Å². The summed E-state index contributed by atoms with van der Waals surface area (Å²) in [6.07, 6.45) is 0.429. The van der Waals surface area contributed by atoms with Gasteiger partial charge in [0.05, 0.1) is 6.61 Å². The number of nitrogens with one attached hydrogen (secondary N) is 1. The molecule has 2 aromatic heterocycles. The summed E-state index contributed by atoms with van der Waals surface area (Å²) >= 11 is 3.06. The van der Waals surface area contributed by atoms with Crippen LogP contribution in [0.5, 0.6) is 5.75 Å². The van der Waals surface area contributed by atoms with Crippen LogP contribution < -0.4 is 10.1 Å². The first kappa shape index (κ1) is 20.5. The number of benzene rings is 2. The van der Waals surface area contributed by atoms with Gasteiger partial charge in [0.25, 0.3) is 0 Å². The standard InChI is InChI=1S/C23H22N2O3S2/c1-3-27-17-6-9-20-16(12-17)13-21(28-20)19-14-30-23(24-19)25-22(26)10-11-29-18-7-4-15(2)5-8-18/h4-9,12-14H,3,10-11H2,1-2H3,(H,24,25,26). The largest absolute Gasteiger partial charge is 0.494 e. The molecule has 0 bridgehead atoms. The van der Waals surface area contributed by atoms with Crippen LogP contribution in [0.3, 0.4) is 0 Å². The van der Waals surface area contributed by atoms with Crippen molar-refractivity contribution in [2.24, 2.45) is 0 Å². The molecule has 0 spiro atoms. The maximum atomic E-state index is 12.2. The lowest BCUT2D eigenvalue weighted by atomic mass is 10.2. The van der Waals surface area contributed by atoms with Crippen molar-refractivity contribution in [3.05, 3.63) is 59.5 Å². The fourth-order valence-electron chi connectivity index (χ4n) is 2.93. The Morgan fingerprint density at radius 2 is 2.03 bits per heavy atom. The third kappa shape index (κ3) is 5.04. The number of carbonyl (C=O) groups excluding carboxylic acids is 1. The lowest BCUT2D eigenvalue weighted by Gasteiger charge is -2.03. The summed E-state index contributed by atoms with van der Waals surface area (Å²) < 4.78 is 11.4. The molecular formula is C23H22N2O3S2. The van der Waals surface area contributed by atoms with Crippen LogP contribution in [-0.2, 0) is 4.79 Å². The molecule has 30 heavy (non-hydrogen) atoms. The molecular weight excluding hydrogens is 416 g/mol. The number of thioether (sulfide) groups is 1. The average Bonchev–Trinajstić information content (AvgIpc) is 3.36. The molecule has 0 saturated carbocycles. The van der Waals surface area contributed by atoms with Crippen LogP contribution in [0.15, 0.2) is 63.2 Å². The lowest BCUT2D eigenvalue weighted by molar-refractivity contribution is -0.115. The van der Waals surface area contributed by atoms with E-state index in [-0.39, 0.29) is 5.91 Å². The van der Waals surface area contributed by atoms with E-state index in [1.54, 1.807) is 11.8 Å². The first-order valence-electron chi connectivity index (χ1n) is 9.72. The molecule has 7 heteroatoms. The van der Waals surface area contributed by atoms with E-state index in [9.17, 15) is 4.79 Å². The van der Waals surface area contributed by atoms with Gasteiger partial charge >= 0.3 is 0 Å². The molecule has 0 aliphatic heterocycles. The van der Waals surface area contributed by atoms with Crippen molar-refractivity contribution >= 4 is 45.1 Å². The molecule has 0 fully saturated rings. The predicted molar refractivity (Wildman–Crippen MR) is 124 cm³/mol. The Hall–Kier alpha value is -2.77. The number of aryl methyl sites for hydroxylation is 1. The summed E-state index contributed by atoms with van der Waals surface area (Å²) in [6.45, 7) is 4.64. The van der Waals surface area contributed by atoms with E-state index in [1.807, 2.05) is 36.6 Å². The van der Waals surface area contributed by atoms with Crippen LogP contribution in [0.1, 0.15) is 18.9 Å². The van der Waals surface area contributed by atoms with Gasteiger partial charge in [0.15, 0.2) is 10.9 Å². The number of amides is 1. The van der Waals surface area contributed by atoms with E-state index in [1.165, 1.54) is 21.8 Å². The van der Waals surface area contributed by atoms with Gasteiger partial charge in [-0.2, -0.15) is 0 Å². The first-order valence-corrected chi connectivity index (χ1v) is 11.6. The van der Waals surface area contributed by atoms with Gasteiger partial charge in [-0.25, -0.2) is 4.98 Å². The number of hydrogen-bond donors (Lipinski definition) is 1. The number of thiazole rings is 1. The van der Waals surface area contributed by atoms with Gasteiger partial charge in [0, 0.05) is 27.8 Å². The van der Waals surface area contributed by atoms with E-state index in [0.717, 1.165) is 22.5 Å². The zero-order valence-corrected chi connectivity index (χ0v) is 18.4. The van der Waals surface area contributed by atoms with E-state index in [4.69, 9.17) is 9.15 Å². The zero-order chi connectivity index (χ0) is 20.9. The highest BCUT2D eigenvalue weighted by Crippen LogP contribution is 2.32. The van der Waals surface area contributed by atoms with Gasteiger partial charge in [-0.1, -0.05) is 17.7 Å². The molecule has 154 valence electrons. The Balaban J connectivity index is 1.34. The Morgan fingerprint density at radius 3 is 2.83 bits per heavy atom. The molecule has 0 radical (unpaired) electrons. The maximum Gasteiger partial charge on any atom is 0.226 e. The number of furan rings is 1. The summed E-state index contributed by atoms with van der Waals surface area (Å²) in [5.41, 5.74) is 2.72. The molecule has 0 aliphatic carbocycles. The zero-order valence-electron chi connectivity index (χ0n) is 16.8. The van der Waals surface area contributed by atoms with Crippen molar-refractivity contribution < 1.29 is 13.9 Å². The average molecular weight is 439 g/mol. The van der Waals surface area contributed by atoms with Gasteiger partial charge in [0.1, 0.15) is 17.0 Å². The molecule has 4 rings (SSSR count). The third-order valence-electron chi connectivity index (χ3n) is 4.42. The minimum atomic E-state index is -0.0403. The van der Waals surface area contributed by atoms with Crippen molar-refractivity contribution in [2.45, 2.75) is 25.2 Å². The second-order valence-electron chi connectivity index (χ2n) is 6.74. The molecule has 2 heterocycles. The maximum absolute atomic E-state index is 12.2. The number of fused-ring (bicyclic) bond motifs is 1. The summed E-state index contributed by atoms with van der Waals surface area (Å²) in [7, 11) is 0. The van der Waals surface area contributed by atoms with Crippen molar-refractivity contribution in [3.8, 4) is 17.2 Å². The fourth-order valence-corrected chi connectivity index (χ4v) is 4.49. The molecule has 5 nitrogen and oxygen atoms in total. The Kier molecular flexibility index (Phi) is 6.40. The van der Waals surface area contributed by atoms with Crippen LogP contribution >= 0.6 is 23.1 Å². The molecule has 0 unspecified atom stereocenters. The molecule has 1 amide bonds. The highest BCUT2D eigenvalue weighted by molar-refractivity contribution is 7.99. The van der Waals surface area contributed by atoms with Gasteiger partial charge in [-0.15, -0.1) is 23.1 Å². The summed E-state index contributed by atoms with van der Waals surface area (Å²) in [6, 6.07) is 16.0. The second-order valence-corrected chi connectivity index (χ2v) is 8.77.